The van der Waals surface area contributed by atoms with E-state index in [-0.39, 0.29) is 0 Å². The summed E-state index contributed by atoms with van der Waals surface area (Å²) < 4.78 is 0. The van der Waals surface area contributed by atoms with Gasteiger partial charge in [0.1, 0.15) is 0 Å². The molecule has 0 N–H and O–H groups in total. The Morgan fingerprint density at radius 1 is 0.929 bits per heavy atom. The zero-order chi connectivity index (χ0) is 9.38. The topological polar surface area (TPSA) is 27.0 Å². The Balaban J connectivity index is 2.12. The third-order valence-electron chi connectivity index (χ3n) is 2.47. The normalized spacial score (nSPS) is 12.6. The average Bonchev–Trinajstić information content (AvgIpc) is 2.26. The molecule has 2 heteroatoms. The molecule has 1 aliphatic heterocycles. The number of benzene rings is 1. The van der Waals surface area contributed by atoms with Crippen LogP contribution in [0.2, 0.25) is 0 Å². The molecule has 0 aliphatic carbocycles. The Labute approximate surface area is 82.6 Å². The van der Waals surface area contributed by atoms with Gasteiger partial charge in [0.2, 0.25) is 0 Å². The fraction of sp³-hybridized carbons (Fsp3) is 0.0833. The molecule has 2 aromatic rings. The highest BCUT2D eigenvalue weighted by molar-refractivity contribution is 5.59. The van der Waals surface area contributed by atoms with E-state index in [4.69, 9.17) is 0 Å². The van der Waals surface area contributed by atoms with Crippen molar-refractivity contribution in [3.05, 3.63) is 53.7 Å². The molecule has 1 aromatic heterocycles. The van der Waals surface area contributed by atoms with E-state index in [0.717, 1.165) is 17.9 Å². The van der Waals surface area contributed by atoms with E-state index in [1.54, 1.807) is 6.20 Å². The van der Waals surface area contributed by atoms with E-state index in [9.17, 15) is 0 Å². The summed E-state index contributed by atoms with van der Waals surface area (Å²) in [5.41, 5.74) is 3.55. The van der Waals surface area contributed by atoms with E-state index in [1.165, 1.54) is 11.1 Å². The van der Waals surface area contributed by atoms with Crippen LogP contribution in [0, 0.1) is 0 Å². The summed E-state index contributed by atoms with van der Waals surface area (Å²) in [4.78, 5) is 4.25. The predicted molar refractivity (Wildman–Crippen MR) is 54.9 cm³/mol. The fourth-order valence-corrected chi connectivity index (χ4v) is 1.76. The maximum Gasteiger partial charge on any atom is 0.155 e. The molecular formula is C12H9N2. The van der Waals surface area contributed by atoms with Crippen molar-refractivity contribution < 1.29 is 0 Å². The van der Waals surface area contributed by atoms with Gasteiger partial charge in [-0.05, 0) is 17.7 Å². The predicted octanol–water partition coefficient (Wildman–Crippen LogP) is 2.55. The first-order valence-electron chi connectivity index (χ1n) is 4.67. The minimum absolute atomic E-state index is 0.867. The average molecular weight is 181 g/mol. The zero-order valence-electron chi connectivity index (χ0n) is 7.64. The molecule has 0 fully saturated rings. The van der Waals surface area contributed by atoms with E-state index in [2.05, 4.69) is 28.5 Å². The number of nitrogens with zero attached hydrogens (tertiary/aromatic N) is 2. The number of para-hydroxylation sites is 1. The van der Waals surface area contributed by atoms with Crippen molar-refractivity contribution in [2.75, 3.05) is 0 Å². The van der Waals surface area contributed by atoms with Crippen LogP contribution in [0.4, 0.5) is 11.5 Å². The highest BCUT2D eigenvalue weighted by Crippen LogP contribution is 2.30. The lowest BCUT2D eigenvalue weighted by Crippen LogP contribution is -2.06. The Kier molecular flexibility index (Phi) is 1.53. The number of rotatable bonds is 0. The van der Waals surface area contributed by atoms with E-state index in [0.29, 0.717) is 0 Å². The lowest BCUT2D eigenvalue weighted by atomic mass is 10.0. The summed E-state index contributed by atoms with van der Waals surface area (Å²) in [7, 11) is 0. The second kappa shape index (κ2) is 2.84. The maximum absolute atomic E-state index is 4.50. The number of aromatic nitrogens is 1. The van der Waals surface area contributed by atoms with Crippen LogP contribution in [0.25, 0.3) is 0 Å². The van der Waals surface area contributed by atoms with Crippen molar-refractivity contribution in [2.45, 2.75) is 6.42 Å². The van der Waals surface area contributed by atoms with Gasteiger partial charge in [0, 0.05) is 18.2 Å². The molecule has 14 heavy (non-hydrogen) atoms. The van der Waals surface area contributed by atoms with Crippen LogP contribution in [0.3, 0.4) is 0 Å². The van der Waals surface area contributed by atoms with Gasteiger partial charge in [-0.3, -0.25) is 0 Å². The summed E-state index contributed by atoms with van der Waals surface area (Å²) in [6.07, 6.45) is 2.74. The Hall–Kier alpha value is -1.83. The highest BCUT2D eigenvalue weighted by Gasteiger charge is 2.15. The fourth-order valence-electron chi connectivity index (χ4n) is 1.76. The van der Waals surface area contributed by atoms with Gasteiger partial charge in [0.15, 0.2) is 5.82 Å². The number of hydrogen-bond acceptors (Lipinski definition) is 1. The van der Waals surface area contributed by atoms with Crippen LogP contribution < -0.4 is 5.32 Å². The van der Waals surface area contributed by atoms with Gasteiger partial charge in [-0.15, -0.1) is 0 Å². The molecule has 67 valence electrons. The van der Waals surface area contributed by atoms with Gasteiger partial charge in [-0.25, -0.2) is 10.3 Å². The first-order valence-corrected chi connectivity index (χ1v) is 4.67. The van der Waals surface area contributed by atoms with Crippen molar-refractivity contribution in [1.29, 1.82) is 0 Å². The Bertz CT molecular complexity index is 390. The Morgan fingerprint density at radius 2 is 1.79 bits per heavy atom. The van der Waals surface area contributed by atoms with Gasteiger partial charge in [-0.1, -0.05) is 24.3 Å². The van der Waals surface area contributed by atoms with Gasteiger partial charge in [0.25, 0.3) is 0 Å². The lowest BCUT2D eigenvalue weighted by Gasteiger charge is -2.17. The number of hydrogen-bond donors (Lipinski definition) is 0. The molecule has 1 radical (unpaired) electrons. The minimum atomic E-state index is 0.867. The minimum Gasteiger partial charge on any atom is -0.237 e. The molecule has 0 spiro atoms. The molecule has 0 saturated heterocycles. The summed E-state index contributed by atoms with van der Waals surface area (Å²) in [5.74, 6) is 0.867. The quantitative estimate of drug-likeness (QED) is 0.523. The van der Waals surface area contributed by atoms with Crippen molar-refractivity contribution in [3.8, 4) is 0 Å². The molecule has 0 unspecified atom stereocenters. The molecule has 0 bridgehead atoms. The van der Waals surface area contributed by atoms with Crippen molar-refractivity contribution in [2.24, 2.45) is 0 Å². The first kappa shape index (κ1) is 7.56. The molecule has 1 aromatic carbocycles. The van der Waals surface area contributed by atoms with Crippen molar-refractivity contribution in [3.63, 3.8) is 0 Å². The smallest absolute Gasteiger partial charge is 0.155 e. The molecule has 2 nitrogen and oxygen atoms in total. The standard InChI is InChI=1S/C12H9N2/c1-2-6-11-9(4-1)8-10-5-3-7-13-12(10)14-11/h1-7H,8H2. The monoisotopic (exact) mass is 181 g/mol. The van der Waals surface area contributed by atoms with Crippen LogP contribution in [0.15, 0.2) is 42.6 Å². The SMILES string of the molecule is c1ccc2c(c1)Cc1cccnc1[N]2. The molecule has 0 amide bonds. The molecule has 3 rings (SSSR count). The van der Waals surface area contributed by atoms with E-state index >= 15 is 0 Å². The number of fused-ring (bicyclic) bond motifs is 2. The van der Waals surface area contributed by atoms with Crippen LogP contribution in [-0.4, -0.2) is 4.98 Å². The van der Waals surface area contributed by atoms with E-state index < -0.39 is 0 Å². The van der Waals surface area contributed by atoms with Crippen LogP contribution in [0.5, 0.6) is 0 Å². The second-order valence-electron chi connectivity index (χ2n) is 3.40. The van der Waals surface area contributed by atoms with Gasteiger partial charge in [-0.2, -0.15) is 0 Å². The Morgan fingerprint density at radius 3 is 2.79 bits per heavy atom. The second-order valence-corrected chi connectivity index (χ2v) is 3.40. The highest BCUT2D eigenvalue weighted by atomic mass is 15.0. The van der Waals surface area contributed by atoms with Crippen LogP contribution in [-0.2, 0) is 6.42 Å². The van der Waals surface area contributed by atoms with Crippen LogP contribution in [0.1, 0.15) is 11.1 Å². The van der Waals surface area contributed by atoms with Gasteiger partial charge < -0.3 is 0 Å². The van der Waals surface area contributed by atoms with Gasteiger partial charge >= 0.3 is 0 Å². The largest absolute Gasteiger partial charge is 0.237 e. The molecule has 2 heterocycles. The van der Waals surface area contributed by atoms with Crippen LogP contribution >= 0.6 is 0 Å². The first-order chi connectivity index (χ1) is 6.93. The van der Waals surface area contributed by atoms with Crippen molar-refractivity contribution in [1.82, 2.24) is 10.3 Å². The molecule has 0 saturated carbocycles. The third kappa shape index (κ3) is 1.08. The summed E-state index contributed by atoms with van der Waals surface area (Å²) in [5, 5.41) is 4.50. The molecule has 1 aliphatic rings. The third-order valence-corrected chi connectivity index (χ3v) is 2.47. The van der Waals surface area contributed by atoms with E-state index in [1.807, 2.05) is 18.2 Å². The summed E-state index contributed by atoms with van der Waals surface area (Å²) in [6.45, 7) is 0. The molecular weight excluding hydrogens is 172 g/mol. The zero-order valence-corrected chi connectivity index (χ0v) is 7.64. The summed E-state index contributed by atoms with van der Waals surface area (Å²) >= 11 is 0. The van der Waals surface area contributed by atoms with Crippen molar-refractivity contribution >= 4 is 11.5 Å². The lowest BCUT2D eigenvalue weighted by molar-refractivity contribution is 0.978. The maximum atomic E-state index is 4.50. The summed E-state index contributed by atoms with van der Waals surface area (Å²) in [6, 6.07) is 12.3. The molecule has 0 atom stereocenters. The number of pyridine rings is 1. The van der Waals surface area contributed by atoms with Gasteiger partial charge in [0.05, 0.1) is 5.69 Å².